The van der Waals surface area contributed by atoms with Crippen molar-refractivity contribution in [3.63, 3.8) is 0 Å². The summed E-state index contributed by atoms with van der Waals surface area (Å²) < 4.78 is 7.15. The van der Waals surface area contributed by atoms with E-state index in [-0.39, 0.29) is 5.60 Å². The van der Waals surface area contributed by atoms with Gasteiger partial charge in [-0.2, -0.15) is 0 Å². The molecule has 0 aromatic carbocycles. The monoisotopic (exact) mass is 317 g/mol. The first-order chi connectivity index (χ1) is 8.05. The quantitative estimate of drug-likeness (QED) is 0.838. The Labute approximate surface area is 116 Å². The van der Waals surface area contributed by atoms with Gasteiger partial charge in [-0.15, -0.1) is 11.3 Å². The average Bonchev–Trinajstić information content (AvgIpc) is 2.80. The summed E-state index contributed by atoms with van der Waals surface area (Å²) in [5.74, 6) is 0. The molecule has 1 unspecified atom stereocenters. The zero-order valence-corrected chi connectivity index (χ0v) is 12.9. The molecule has 1 fully saturated rings. The van der Waals surface area contributed by atoms with Crippen LogP contribution in [0, 0.1) is 0 Å². The summed E-state index contributed by atoms with van der Waals surface area (Å²) >= 11 is 5.30. The molecule has 1 aliphatic rings. The van der Waals surface area contributed by atoms with Gasteiger partial charge in [-0.3, -0.25) is 0 Å². The maximum absolute atomic E-state index is 5.94. The normalized spacial score (nSPS) is 23.1. The van der Waals surface area contributed by atoms with Gasteiger partial charge in [0.05, 0.1) is 15.5 Å². The van der Waals surface area contributed by atoms with Gasteiger partial charge in [-0.25, -0.2) is 0 Å². The Kier molecular flexibility index (Phi) is 4.64. The lowest BCUT2D eigenvalue weighted by atomic mass is 10.1. The Morgan fingerprint density at radius 1 is 1.53 bits per heavy atom. The van der Waals surface area contributed by atoms with Crippen molar-refractivity contribution in [3.05, 3.63) is 20.8 Å². The maximum Gasteiger partial charge on any atom is 0.0707 e. The van der Waals surface area contributed by atoms with Gasteiger partial charge in [0.15, 0.2) is 0 Å². The highest BCUT2D eigenvalue weighted by atomic mass is 79.9. The van der Waals surface area contributed by atoms with Gasteiger partial charge in [0.25, 0.3) is 0 Å². The molecule has 4 heteroatoms. The molecule has 2 heterocycles. The minimum absolute atomic E-state index is 0.0883. The highest BCUT2D eigenvalue weighted by Gasteiger charge is 2.30. The second-order valence-corrected chi connectivity index (χ2v) is 7.75. The van der Waals surface area contributed by atoms with E-state index in [4.69, 9.17) is 4.74 Å². The van der Waals surface area contributed by atoms with Crippen LogP contribution in [0.3, 0.4) is 0 Å². The summed E-state index contributed by atoms with van der Waals surface area (Å²) in [5, 5.41) is 3.49. The SMILES string of the molecule is CC1(C)CCC(CNCCc2ccc(Br)s2)O1. The molecule has 96 valence electrons. The summed E-state index contributed by atoms with van der Waals surface area (Å²) in [7, 11) is 0. The predicted octanol–water partition coefficient (Wildman–Crippen LogP) is 3.60. The molecule has 0 saturated carbocycles. The molecular formula is C13H20BrNOS. The zero-order chi connectivity index (χ0) is 12.3. The van der Waals surface area contributed by atoms with Crippen LogP contribution in [0.4, 0.5) is 0 Å². The Bertz CT molecular complexity index is 364. The van der Waals surface area contributed by atoms with E-state index in [9.17, 15) is 0 Å². The Balaban J connectivity index is 1.61. The number of thiophene rings is 1. The van der Waals surface area contributed by atoms with Gasteiger partial charge >= 0.3 is 0 Å². The molecule has 1 aliphatic heterocycles. The minimum Gasteiger partial charge on any atom is -0.371 e. The van der Waals surface area contributed by atoms with E-state index in [0.29, 0.717) is 6.10 Å². The molecule has 0 bridgehead atoms. The van der Waals surface area contributed by atoms with E-state index >= 15 is 0 Å². The summed E-state index contributed by atoms with van der Waals surface area (Å²) in [5.41, 5.74) is 0.0883. The number of rotatable bonds is 5. The van der Waals surface area contributed by atoms with Crippen molar-refractivity contribution in [2.24, 2.45) is 0 Å². The van der Waals surface area contributed by atoms with E-state index in [1.54, 1.807) is 0 Å². The van der Waals surface area contributed by atoms with Crippen molar-refractivity contribution in [2.75, 3.05) is 13.1 Å². The molecule has 1 aromatic rings. The lowest BCUT2D eigenvalue weighted by molar-refractivity contribution is -0.0140. The molecule has 0 radical (unpaired) electrons. The molecule has 1 aromatic heterocycles. The van der Waals surface area contributed by atoms with Crippen molar-refractivity contribution in [1.29, 1.82) is 0 Å². The zero-order valence-electron chi connectivity index (χ0n) is 10.5. The molecule has 17 heavy (non-hydrogen) atoms. The third-order valence-corrected chi connectivity index (χ3v) is 4.79. The van der Waals surface area contributed by atoms with Crippen LogP contribution < -0.4 is 5.32 Å². The Morgan fingerprint density at radius 3 is 2.94 bits per heavy atom. The van der Waals surface area contributed by atoms with E-state index in [0.717, 1.165) is 19.5 Å². The van der Waals surface area contributed by atoms with Crippen LogP contribution in [0.2, 0.25) is 0 Å². The maximum atomic E-state index is 5.94. The molecule has 0 spiro atoms. The van der Waals surface area contributed by atoms with Gasteiger partial charge < -0.3 is 10.1 Å². The Hall–Kier alpha value is 0.1000. The van der Waals surface area contributed by atoms with E-state index < -0.39 is 0 Å². The predicted molar refractivity (Wildman–Crippen MR) is 76.8 cm³/mol. The number of nitrogens with one attached hydrogen (secondary N) is 1. The first-order valence-electron chi connectivity index (χ1n) is 6.18. The second kappa shape index (κ2) is 5.83. The van der Waals surface area contributed by atoms with Crippen molar-refractivity contribution >= 4 is 27.3 Å². The summed E-state index contributed by atoms with van der Waals surface area (Å²) in [4.78, 5) is 1.43. The van der Waals surface area contributed by atoms with Gasteiger partial charge in [-0.1, -0.05) is 0 Å². The van der Waals surface area contributed by atoms with Gasteiger partial charge in [0.1, 0.15) is 0 Å². The molecular weight excluding hydrogens is 298 g/mol. The number of hydrogen-bond donors (Lipinski definition) is 1. The standard InChI is InChI=1S/C13H20BrNOS/c1-13(2)7-5-10(16-13)9-15-8-6-11-3-4-12(14)17-11/h3-4,10,15H,5-9H2,1-2H3. The van der Waals surface area contributed by atoms with Crippen molar-refractivity contribution in [2.45, 2.75) is 44.8 Å². The van der Waals surface area contributed by atoms with E-state index in [1.165, 1.54) is 21.5 Å². The van der Waals surface area contributed by atoms with Crippen LogP contribution in [0.15, 0.2) is 15.9 Å². The van der Waals surface area contributed by atoms with E-state index in [1.807, 2.05) is 11.3 Å². The topological polar surface area (TPSA) is 21.3 Å². The van der Waals surface area contributed by atoms with Crippen LogP contribution in [-0.2, 0) is 11.2 Å². The average molecular weight is 318 g/mol. The first kappa shape index (κ1) is 13.5. The molecule has 1 atom stereocenters. The van der Waals surface area contributed by atoms with Gasteiger partial charge in [0, 0.05) is 18.0 Å². The Morgan fingerprint density at radius 2 is 2.35 bits per heavy atom. The van der Waals surface area contributed by atoms with Gasteiger partial charge in [0.2, 0.25) is 0 Å². The molecule has 1 N–H and O–H groups in total. The first-order valence-corrected chi connectivity index (χ1v) is 7.79. The van der Waals surface area contributed by atoms with Crippen LogP contribution >= 0.6 is 27.3 Å². The van der Waals surface area contributed by atoms with Crippen LogP contribution in [-0.4, -0.2) is 24.8 Å². The van der Waals surface area contributed by atoms with Crippen molar-refractivity contribution in [3.8, 4) is 0 Å². The molecule has 1 saturated heterocycles. The van der Waals surface area contributed by atoms with Crippen LogP contribution in [0.1, 0.15) is 31.6 Å². The number of hydrogen-bond acceptors (Lipinski definition) is 3. The highest BCUT2D eigenvalue weighted by Crippen LogP contribution is 2.28. The van der Waals surface area contributed by atoms with Crippen LogP contribution in [0.5, 0.6) is 0 Å². The molecule has 0 aliphatic carbocycles. The fourth-order valence-electron chi connectivity index (χ4n) is 2.18. The highest BCUT2D eigenvalue weighted by molar-refractivity contribution is 9.11. The van der Waals surface area contributed by atoms with E-state index in [2.05, 4.69) is 47.2 Å². The van der Waals surface area contributed by atoms with Crippen molar-refractivity contribution < 1.29 is 4.74 Å². The summed E-state index contributed by atoms with van der Waals surface area (Å²) in [6.07, 6.45) is 3.87. The third kappa shape index (κ3) is 4.36. The summed E-state index contributed by atoms with van der Waals surface area (Å²) in [6, 6.07) is 4.30. The molecule has 2 nitrogen and oxygen atoms in total. The smallest absolute Gasteiger partial charge is 0.0707 e. The number of ether oxygens (including phenoxy) is 1. The lowest BCUT2D eigenvalue weighted by Gasteiger charge is -2.19. The molecule has 0 amide bonds. The lowest BCUT2D eigenvalue weighted by Crippen LogP contribution is -2.30. The second-order valence-electron chi connectivity index (χ2n) is 5.20. The molecule has 2 rings (SSSR count). The third-order valence-electron chi connectivity index (χ3n) is 3.10. The van der Waals surface area contributed by atoms with Crippen LogP contribution in [0.25, 0.3) is 0 Å². The summed E-state index contributed by atoms with van der Waals surface area (Å²) in [6.45, 7) is 6.37. The fourth-order valence-corrected chi connectivity index (χ4v) is 3.66. The van der Waals surface area contributed by atoms with Crippen molar-refractivity contribution in [1.82, 2.24) is 5.32 Å². The minimum atomic E-state index is 0.0883. The van der Waals surface area contributed by atoms with Gasteiger partial charge in [-0.05, 0) is 61.2 Å². The largest absolute Gasteiger partial charge is 0.371 e. The fraction of sp³-hybridized carbons (Fsp3) is 0.692. The number of halogens is 1.